The lowest BCUT2D eigenvalue weighted by Gasteiger charge is -2.40. The van der Waals surface area contributed by atoms with Gasteiger partial charge in [0, 0.05) is 35.5 Å². The van der Waals surface area contributed by atoms with Crippen LogP contribution in [0.2, 0.25) is 0 Å². The zero-order chi connectivity index (χ0) is 27.1. The highest BCUT2D eigenvalue weighted by Gasteiger charge is 2.37. The number of nitrogens with one attached hydrogen (secondary N) is 1. The Labute approximate surface area is 225 Å². The third-order valence-electron chi connectivity index (χ3n) is 7.30. The summed E-state index contributed by atoms with van der Waals surface area (Å²) >= 11 is 0. The molecule has 9 heteroatoms. The van der Waals surface area contributed by atoms with Crippen molar-refractivity contribution in [3.8, 4) is 17.1 Å². The molecule has 0 saturated carbocycles. The lowest BCUT2D eigenvalue weighted by Crippen LogP contribution is -2.51. The van der Waals surface area contributed by atoms with Crippen LogP contribution in [0.15, 0.2) is 79.3 Å². The van der Waals surface area contributed by atoms with E-state index in [0.717, 1.165) is 39.6 Å². The Morgan fingerprint density at radius 1 is 1.08 bits per heavy atom. The molecule has 5 aromatic rings. The molecule has 3 aromatic heterocycles. The molecule has 0 fully saturated rings. The smallest absolute Gasteiger partial charge is 0.325 e. The Kier molecular flexibility index (Phi) is 6.28. The van der Waals surface area contributed by atoms with Crippen molar-refractivity contribution < 1.29 is 13.9 Å². The molecule has 0 spiro atoms. The normalized spacial score (nSPS) is 17.1. The summed E-state index contributed by atoms with van der Waals surface area (Å²) in [5.41, 5.74) is 8.72. The zero-order valence-corrected chi connectivity index (χ0v) is 21.8. The number of carbonyl (C=O) groups is 1. The first-order chi connectivity index (χ1) is 19.0. The number of hydrogen-bond acceptors (Lipinski definition) is 7. The van der Waals surface area contributed by atoms with Crippen molar-refractivity contribution in [2.75, 3.05) is 12.5 Å². The second-order valence-corrected chi connectivity index (χ2v) is 9.60. The number of hydrazine groups is 1. The van der Waals surface area contributed by atoms with Crippen molar-refractivity contribution in [1.82, 2.24) is 24.5 Å². The van der Waals surface area contributed by atoms with Gasteiger partial charge in [-0.25, -0.2) is 24.4 Å². The highest BCUT2D eigenvalue weighted by atomic mass is 19.1. The number of carbonyl (C=O) groups excluding carboxylic acids is 1. The lowest BCUT2D eigenvalue weighted by molar-refractivity contribution is -0.147. The number of fused-ring (bicyclic) bond motifs is 2. The fraction of sp³-hybridized carbons (Fsp3) is 0.200. The van der Waals surface area contributed by atoms with Gasteiger partial charge in [0.15, 0.2) is 17.5 Å². The largest absolute Gasteiger partial charge is 0.468 e. The van der Waals surface area contributed by atoms with Crippen LogP contribution >= 0.6 is 0 Å². The summed E-state index contributed by atoms with van der Waals surface area (Å²) < 4.78 is 22.2. The molecule has 0 aliphatic carbocycles. The summed E-state index contributed by atoms with van der Waals surface area (Å²) in [7, 11) is 1.35. The molecule has 1 unspecified atom stereocenters. The number of benzene rings is 2. The van der Waals surface area contributed by atoms with Gasteiger partial charge in [-0.05, 0) is 48.7 Å². The average molecular weight is 523 g/mol. The molecule has 0 radical (unpaired) electrons. The van der Waals surface area contributed by atoms with Crippen molar-refractivity contribution in [3.63, 3.8) is 0 Å². The SMILES string of the molecule is COC(=O)C1Cc2ccccc2[C@H](C)N1Nc1nc(-c2cn(-c3ccccc3C)c3ncccc23)ncc1F. The number of halogens is 1. The molecule has 0 bridgehead atoms. The predicted molar refractivity (Wildman–Crippen MR) is 147 cm³/mol. The second-order valence-electron chi connectivity index (χ2n) is 9.60. The van der Waals surface area contributed by atoms with Gasteiger partial charge in [0.2, 0.25) is 0 Å². The van der Waals surface area contributed by atoms with Gasteiger partial charge < -0.3 is 9.30 Å². The number of hydrogen-bond donors (Lipinski definition) is 1. The van der Waals surface area contributed by atoms with E-state index in [-0.39, 0.29) is 11.9 Å². The number of aryl methyl sites for hydroxylation is 1. The van der Waals surface area contributed by atoms with E-state index in [1.807, 2.05) is 85.3 Å². The molecule has 2 aromatic carbocycles. The van der Waals surface area contributed by atoms with Crippen LogP contribution in [0.25, 0.3) is 28.1 Å². The number of methoxy groups -OCH3 is 1. The molecule has 39 heavy (non-hydrogen) atoms. The van der Waals surface area contributed by atoms with Crippen LogP contribution in [0.4, 0.5) is 10.2 Å². The van der Waals surface area contributed by atoms with Crippen LogP contribution in [0.1, 0.15) is 29.7 Å². The van der Waals surface area contributed by atoms with E-state index in [1.165, 1.54) is 7.11 Å². The van der Waals surface area contributed by atoms with Crippen LogP contribution in [-0.2, 0) is 16.0 Å². The molecule has 1 aliphatic heterocycles. The van der Waals surface area contributed by atoms with Gasteiger partial charge in [-0.15, -0.1) is 0 Å². The van der Waals surface area contributed by atoms with E-state index in [2.05, 4.69) is 20.4 Å². The van der Waals surface area contributed by atoms with Crippen molar-refractivity contribution in [2.24, 2.45) is 0 Å². The van der Waals surface area contributed by atoms with E-state index < -0.39 is 17.8 Å². The third kappa shape index (κ3) is 4.30. The van der Waals surface area contributed by atoms with Gasteiger partial charge in [0.1, 0.15) is 11.7 Å². The maximum atomic E-state index is 15.2. The lowest BCUT2D eigenvalue weighted by atomic mass is 9.90. The van der Waals surface area contributed by atoms with Crippen molar-refractivity contribution in [2.45, 2.75) is 32.4 Å². The highest BCUT2D eigenvalue weighted by molar-refractivity contribution is 5.93. The maximum Gasteiger partial charge on any atom is 0.325 e. The summed E-state index contributed by atoms with van der Waals surface area (Å²) in [4.78, 5) is 26.3. The zero-order valence-electron chi connectivity index (χ0n) is 21.8. The summed E-state index contributed by atoms with van der Waals surface area (Å²) in [6.45, 7) is 4.00. The number of rotatable bonds is 5. The monoisotopic (exact) mass is 522 g/mol. The third-order valence-corrected chi connectivity index (χ3v) is 7.30. The van der Waals surface area contributed by atoms with Gasteiger partial charge in [0.25, 0.3) is 0 Å². The van der Waals surface area contributed by atoms with Gasteiger partial charge in [-0.3, -0.25) is 10.2 Å². The van der Waals surface area contributed by atoms with E-state index in [9.17, 15) is 4.79 Å². The van der Waals surface area contributed by atoms with Crippen LogP contribution in [-0.4, -0.2) is 43.6 Å². The number of nitrogens with zero attached hydrogens (tertiary/aromatic N) is 5. The molecule has 8 nitrogen and oxygen atoms in total. The number of para-hydroxylation sites is 1. The average Bonchev–Trinajstić information content (AvgIpc) is 3.35. The summed E-state index contributed by atoms with van der Waals surface area (Å²) in [6.07, 6.45) is 5.24. The van der Waals surface area contributed by atoms with Gasteiger partial charge in [0.05, 0.1) is 19.3 Å². The molecule has 1 aliphatic rings. The van der Waals surface area contributed by atoms with Crippen molar-refractivity contribution in [1.29, 1.82) is 0 Å². The first-order valence-corrected chi connectivity index (χ1v) is 12.7. The molecule has 0 amide bonds. The quantitative estimate of drug-likeness (QED) is 0.309. The molecular weight excluding hydrogens is 495 g/mol. The number of ether oxygens (including phenoxy) is 1. The fourth-order valence-electron chi connectivity index (χ4n) is 5.31. The van der Waals surface area contributed by atoms with Crippen molar-refractivity contribution >= 4 is 22.8 Å². The summed E-state index contributed by atoms with van der Waals surface area (Å²) in [5, 5.41) is 2.55. The van der Waals surface area contributed by atoms with E-state index in [1.54, 1.807) is 11.2 Å². The van der Waals surface area contributed by atoms with Crippen molar-refractivity contribution in [3.05, 3.63) is 102 Å². The molecule has 6 rings (SSSR count). The van der Waals surface area contributed by atoms with E-state index >= 15 is 4.39 Å². The van der Waals surface area contributed by atoms with E-state index in [4.69, 9.17) is 4.74 Å². The maximum absolute atomic E-state index is 15.2. The molecule has 0 saturated heterocycles. The molecular formula is C30H27FN6O2. The second kappa shape index (κ2) is 9.92. The topological polar surface area (TPSA) is 85.2 Å². The van der Waals surface area contributed by atoms with Crippen LogP contribution in [0, 0.1) is 12.7 Å². The van der Waals surface area contributed by atoms with Gasteiger partial charge in [-0.1, -0.05) is 42.5 Å². The Balaban J connectivity index is 1.42. The Morgan fingerprint density at radius 2 is 1.87 bits per heavy atom. The minimum absolute atomic E-state index is 0.0270. The minimum atomic E-state index is -0.662. The first kappa shape index (κ1) is 24.7. The van der Waals surface area contributed by atoms with Gasteiger partial charge in [-0.2, -0.15) is 0 Å². The Bertz CT molecular complexity index is 1700. The summed E-state index contributed by atoms with van der Waals surface area (Å²) in [5.74, 6) is -0.732. The first-order valence-electron chi connectivity index (χ1n) is 12.7. The van der Waals surface area contributed by atoms with E-state index in [0.29, 0.717) is 17.8 Å². The standard InChI is InChI=1S/C30H27FN6O2/c1-18-9-4-7-13-25(18)36-17-23(22-12-8-14-32-29(22)36)27-33-16-24(31)28(34-27)35-37-19(2)21-11-6-5-10-20(21)15-26(37)30(38)39-3/h4-14,16-17,19,26H,15H2,1-3H3,(H,33,34,35)/t19-,26?/m0/s1. The van der Waals surface area contributed by atoms with Crippen LogP contribution in [0.5, 0.6) is 0 Å². The highest BCUT2D eigenvalue weighted by Crippen LogP contribution is 2.35. The fourth-order valence-corrected chi connectivity index (χ4v) is 5.31. The molecule has 4 heterocycles. The Hall–Kier alpha value is -4.63. The number of esters is 1. The number of pyridine rings is 1. The number of anilines is 1. The van der Waals surface area contributed by atoms with Crippen LogP contribution < -0.4 is 5.43 Å². The molecule has 2 atom stereocenters. The Morgan fingerprint density at radius 3 is 2.69 bits per heavy atom. The molecule has 196 valence electrons. The summed E-state index contributed by atoms with van der Waals surface area (Å²) in [6, 6.07) is 18.8. The molecule has 1 N–H and O–H groups in total. The predicted octanol–water partition coefficient (Wildman–Crippen LogP) is 5.42. The van der Waals surface area contributed by atoms with Crippen LogP contribution in [0.3, 0.4) is 0 Å². The minimum Gasteiger partial charge on any atom is -0.468 e. The number of aromatic nitrogens is 4. The van der Waals surface area contributed by atoms with Gasteiger partial charge >= 0.3 is 5.97 Å².